The van der Waals surface area contributed by atoms with Crippen LogP contribution in [0.5, 0.6) is 0 Å². The van der Waals surface area contributed by atoms with E-state index in [2.05, 4.69) is 10.1 Å². The number of rotatable bonds is 3. The van der Waals surface area contributed by atoms with Crippen molar-refractivity contribution in [3.8, 4) is 0 Å². The molecule has 1 amide bonds. The maximum atomic E-state index is 12.6. The Morgan fingerprint density at radius 3 is 2.55 bits per heavy atom. The second-order valence-electron chi connectivity index (χ2n) is 5.79. The third-order valence-electron chi connectivity index (χ3n) is 4.28. The summed E-state index contributed by atoms with van der Waals surface area (Å²) in [5, 5.41) is 3.81. The molecule has 0 spiro atoms. The number of nitrogens with zero attached hydrogens (tertiary/aromatic N) is 3. The number of hydrogen-bond acceptors (Lipinski definition) is 4. The summed E-state index contributed by atoms with van der Waals surface area (Å²) in [5.74, 6) is 1.01. The van der Waals surface area contributed by atoms with Crippen LogP contribution in [0, 0.1) is 13.8 Å². The van der Waals surface area contributed by atoms with Gasteiger partial charge in [-0.2, -0.15) is 0 Å². The zero-order valence-corrected chi connectivity index (χ0v) is 13.1. The van der Waals surface area contributed by atoms with Gasteiger partial charge in [-0.1, -0.05) is 23.4 Å². The molecule has 22 heavy (non-hydrogen) atoms. The van der Waals surface area contributed by atoms with Crippen molar-refractivity contribution in [2.75, 3.05) is 26.2 Å². The van der Waals surface area contributed by atoms with Crippen LogP contribution in [0.25, 0.3) is 0 Å². The predicted octanol–water partition coefficient (Wildman–Crippen LogP) is 2.25. The van der Waals surface area contributed by atoms with E-state index < -0.39 is 0 Å². The molecule has 0 N–H and O–H groups in total. The molecule has 3 rings (SSSR count). The van der Waals surface area contributed by atoms with Crippen LogP contribution in [0.15, 0.2) is 35.0 Å². The van der Waals surface area contributed by atoms with E-state index in [9.17, 15) is 4.79 Å². The molecule has 0 radical (unpaired) electrons. The third kappa shape index (κ3) is 3.04. The van der Waals surface area contributed by atoms with Gasteiger partial charge < -0.3 is 9.42 Å². The first-order valence-electron chi connectivity index (χ1n) is 7.62. The Bertz CT molecular complexity index is 657. The van der Waals surface area contributed by atoms with Crippen molar-refractivity contribution in [2.24, 2.45) is 0 Å². The molecule has 5 nitrogen and oxygen atoms in total. The highest BCUT2D eigenvalue weighted by Crippen LogP contribution is 2.15. The van der Waals surface area contributed by atoms with E-state index in [1.807, 2.05) is 43.0 Å². The summed E-state index contributed by atoms with van der Waals surface area (Å²) in [6.07, 6.45) is 1.78. The zero-order valence-electron chi connectivity index (χ0n) is 13.1. The van der Waals surface area contributed by atoms with E-state index in [0.717, 1.165) is 55.2 Å². The molecule has 1 aromatic heterocycles. The molecule has 0 saturated carbocycles. The lowest BCUT2D eigenvalue weighted by atomic mass is 10.1. The normalized spacial score (nSPS) is 16.0. The molecule has 2 aromatic rings. The lowest BCUT2D eigenvalue weighted by Crippen LogP contribution is -2.48. The van der Waals surface area contributed by atoms with Gasteiger partial charge in [0.05, 0.1) is 6.20 Å². The van der Waals surface area contributed by atoms with Crippen LogP contribution < -0.4 is 0 Å². The molecule has 1 aliphatic heterocycles. The standard InChI is InChI=1S/C17H21N3O2/c1-13-5-3-4-6-16(13)17(21)20-9-7-19(8-10-20)12-15-11-18-22-14(15)2/h3-6,11H,7-10,12H2,1-2H3. The minimum Gasteiger partial charge on any atom is -0.361 e. The van der Waals surface area contributed by atoms with Gasteiger partial charge in [0.15, 0.2) is 0 Å². The highest BCUT2D eigenvalue weighted by atomic mass is 16.5. The molecular weight excluding hydrogens is 278 g/mol. The fourth-order valence-corrected chi connectivity index (χ4v) is 2.80. The van der Waals surface area contributed by atoms with Crippen molar-refractivity contribution in [2.45, 2.75) is 20.4 Å². The molecule has 0 bridgehead atoms. The number of amides is 1. The minimum absolute atomic E-state index is 0.138. The Hall–Kier alpha value is -2.14. The Kier molecular flexibility index (Phi) is 4.24. The van der Waals surface area contributed by atoms with E-state index in [1.165, 1.54) is 0 Å². The van der Waals surface area contributed by atoms with Crippen molar-refractivity contribution >= 4 is 5.91 Å². The van der Waals surface area contributed by atoms with Gasteiger partial charge in [-0.25, -0.2) is 0 Å². The molecule has 0 atom stereocenters. The summed E-state index contributed by atoms with van der Waals surface area (Å²) in [5.41, 5.74) is 2.97. The first kappa shape index (κ1) is 14.8. The van der Waals surface area contributed by atoms with Crippen LogP contribution in [0.2, 0.25) is 0 Å². The van der Waals surface area contributed by atoms with Crippen LogP contribution in [-0.2, 0) is 6.54 Å². The molecule has 2 heterocycles. The summed E-state index contributed by atoms with van der Waals surface area (Å²) < 4.78 is 5.10. The zero-order chi connectivity index (χ0) is 15.5. The van der Waals surface area contributed by atoms with Gasteiger partial charge in [-0.3, -0.25) is 9.69 Å². The van der Waals surface area contributed by atoms with Gasteiger partial charge in [0, 0.05) is 43.9 Å². The number of carbonyl (C=O) groups is 1. The number of benzene rings is 1. The van der Waals surface area contributed by atoms with Gasteiger partial charge in [0.1, 0.15) is 5.76 Å². The molecule has 116 valence electrons. The van der Waals surface area contributed by atoms with Gasteiger partial charge >= 0.3 is 0 Å². The number of carbonyl (C=O) groups excluding carboxylic acids is 1. The topological polar surface area (TPSA) is 49.6 Å². The average Bonchev–Trinajstić information content (AvgIpc) is 2.93. The molecule has 5 heteroatoms. The van der Waals surface area contributed by atoms with E-state index in [-0.39, 0.29) is 5.91 Å². The number of aryl methyl sites for hydroxylation is 2. The molecule has 1 aromatic carbocycles. The van der Waals surface area contributed by atoms with Gasteiger partial charge in [-0.05, 0) is 25.5 Å². The van der Waals surface area contributed by atoms with E-state index in [1.54, 1.807) is 6.20 Å². The fraction of sp³-hybridized carbons (Fsp3) is 0.412. The largest absolute Gasteiger partial charge is 0.361 e. The van der Waals surface area contributed by atoms with Gasteiger partial charge in [0.2, 0.25) is 0 Å². The molecule has 0 aliphatic carbocycles. The number of piperazine rings is 1. The van der Waals surface area contributed by atoms with Gasteiger partial charge in [-0.15, -0.1) is 0 Å². The van der Waals surface area contributed by atoms with Crippen LogP contribution >= 0.6 is 0 Å². The maximum Gasteiger partial charge on any atom is 0.254 e. The second-order valence-corrected chi connectivity index (χ2v) is 5.79. The van der Waals surface area contributed by atoms with Crippen LogP contribution in [0.1, 0.15) is 27.2 Å². The number of hydrogen-bond donors (Lipinski definition) is 0. The average molecular weight is 299 g/mol. The Morgan fingerprint density at radius 1 is 1.18 bits per heavy atom. The van der Waals surface area contributed by atoms with Crippen molar-refractivity contribution in [3.63, 3.8) is 0 Å². The van der Waals surface area contributed by atoms with Crippen LogP contribution in [-0.4, -0.2) is 47.0 Å². The monoisotopic (exact) mass is 299 g/mol. The molecular formula is C17H21N3O2. The van der Waals surface area contributed by atoms with Crippen LogP contribution in [0.3, 0.4) is 0 Å². The number of aromatic nitrogens is 1. The van der Waals surface area contributed by atoms with Crippen molar-refractivity contribution in [1.29, 1.82) is 0 Å². The molecule has 1 saturated heterocycles. The first-order valence-corrected chi connectivity index (χ1v) is 7.62. The SMILES string of the molecule is Cc1ccccc1C(=O)N1CCN(Cc2cnoc2C)CC1. The fourth-order valence-electron chi connectivity index (χ4n) is 2.80. The van der Waals surface area contributed by atoms with E-state index >= 15 is 0 Å². The van der Waals surface area contributed by atoms with Crippen LogP contribution in [0.4, 0.5) is 0 Å². The smallest absolute Gasteiger partial charge is 0.254 e. The van der Waals surface area contributed by atoms with E-state index in [4.69, 9.17) is 4.52 Å². The maximum absolute atomic E-state index is 12.6. The molecule has 0 unspecified atom stereocenters. The summed E-state index contributed by atoms with van der Waals surface area (Å²) in [7, 11) is 0. The lowest BCUT2D eigenvalue weighted by molar-refractivity contribution is 0.0627. The first-order chi connectivity index (χ1) is 10.6. The lowest BCUT2D eigenvalue weighted by Gasteiger charge is -2.34. The highest BCUT2D eigenvalue weighted by Gasteiger charge is 2.23. The van der Waals surface area contributed by atoms with Gasteiger partial charge in [0.25, 0.3) is 5.91 Å². The second kappa shape index (κ2) is 6.32. The minimum atomic E-state index is 0.138. The Labute approximate surface area is 130 Å². The van der Waals surface area contributed by atoms with E-state index in [0.29, 0.717) is 0 Å². The highest BCUT2D eigenvalue weighted by molar-refractivity contribution is 5.95. The van der Waals surface area contributed by atoms with Crippen molar-refractivity contribution in [3.05, 3.63) is 52.9 Å². The summed E-state index contributed by atoms with van der Waals surface area (Å²) >= 11 is 0. The predicted molar refractivity (Wildman–Crippen MR) is 83.6 cm³/mol. The van der Waals surface area contributed by atoms with Crippen molar-refractivity contribution < 1.29 is 9.32 Å². The molecule has 1 aliphatic rings. The quantitative estimate of drug-likeness (QED) is 0.872. The summed E-state index contributed by atoms with van der Waals surface area (Å²) in [4.78, 5) is 16.9. The Morgan fingerprint density at radius 2 is 1.91 bits per heavy atom. The molecule has 1 fully saturated rings. The van der Waals surface area contributed by atoms with Crippen molar-refractivity contribution in [1.82, 2.24) is 15.0 Å². The summed E-state index contributed by atoms with van der Waals surface area (Å²) in [6, 6.07) is 7.78. The summed E-state index contributed by atoms with van der Waals surface area (Å²) in [6.45, 7) is 8.03. The Balaban J connectivity index is 1.59. The third-order valence-corrected chi connectivity index (χ3v) is 4.28.